The van der Waals surface area contributed by atoms with Crippen LogP contribution in [-0.4, -0.2) is 11.8 Å². The fraction of sp³-hybridized carbons (Fsp3) is 0.182. The van der Waals surface area contributed by atoms with E-state index in [2.05, 4.69) is 17.6 Å². The van der Waals surface area contributed by atoms with Gasteiger partial charge in [0, 0.05) is 11.1 Å². The van der Waals surface area contributed by atoms with Gasteiger partial charge in [-0.3, -0.25) is 9.59 Å². The van der Waals surface area contributed by atoms with E-state index < -0.39 is 11.8 Å². The normalized spacial score (nSPS) is 11.8. The van der Waals surface area contributed by atoms with Crippen LogP contribution in [0.5, 0.6) is 0 Å². The Kier molecular flexibility index (Phi) is 5.32. The van der Waals surface area contributed by atoms with Gasteiger partial charge in [0.15, 0.2) is 0 Å². The smallest absolute Gasteiger partial charge is 0.313 e. The number of carbonyl (C=O) groups is 2. The van der Waals surface area contributed by atoms with Crippen molar-refractivity contribution in [1.82, 2.24) is 5.32 Å². The lowest BCUT2D eigenvalue weighted by Crippen LogP contribution is -2.36. The van der Waals surface area contributed by atoms with Crippen LogP contribution < -0.4 is 10.6 Å². The summed E-state index contributed by atoms with van der Waals surface area (Å²) in [5, 5.41) is 7.37. The maximum absolute atomic E-state index is 12.3. The molecule has 3 aromatic rings. The molecule has 2 amide bonds. The van der Waals surface area contributed by atoms with Gasteiger partial charge in [0.25, 0.3) is 0 Å². The lowest BCUT2D eigenvalue weighted by Gasteiger charge is -2.15. The second-order valence-corrected chi connectivity index (χ2v) is 6.27. The predicted molar refractivity (Wildman–Crippen MR) is 105 cm³/mol. The minimum atomic E-state index is -0.668. The molecule has 0 aliphatic carbocycles. The first-order valence-corrected chi connectivity index (χ1v) is 8.77. The first-order valence-electron chi connectivity index (χ1n) is 8.77. The van der Waals surface area contributed by atoms with Crippen molar-refractivity contribution in [2.24, 2.45) is 0 Å². The van der Waals surface area contributed by atoms with Gasteiger partial charge in [-0.1, -0.05) is 67.6 Å². The van der Waals surface area contributed by atoms with E-state index in [0.717, 1.165) is 22.8 Å². The number of nitrogens with one attached hydrogen (secondary N) is 2. The summed E-state index contributed by atoms with van der Waals surface area (Å²) >= 11 is 0. The lowest BCUT2D eigenvalue weighted by atomic mass is 10.0. The Morgan fingerprint density at radius 2 is 1.58 bits per heavy atom. The highest BCUT2D eigenvalue weighted by atomic mass is 16.2. The summed E-state index contributed by atoms with van der Waals surface area (Å²) in [5.74, 6) is -1.32. The van der Waals surface area contributed by atoms with Crippen LogP contribution in [0.25, 0.3) is 10.8 Å². The molecule has 3 aromatic carbocycles. The molecule has 0 heterocycles. The lowest BCUT2D eigenvalue weighted by molar-refractivity contribution is -0.136. The molecule has 0 saturated heterocycles. The second kappa shape index (κ2) is 7.83. The Morgan fingerprint density at radius 3 is 2.31 bits per heavy atom. The summed E-state index contributed by atoms with van der Waals surface area (Å²) in [6.45, 7) is 3.96. The van der Waals surface area contributed by atoms with E-state index in [1.54, 1.807) is 6.07 Å². The first kappa shape index (κ1) is 17.7. The predicted octanol–water partition coefficient (Wildman–Crippen LogP) is 4.22. The maximum atomic E-state index is 12.3. The number of aryl methyl sites for hydroxylation is 1. The Labute approximate surface area is 153 Å². The van der Waals surface area contributed by atoms with Crippen LogP contribution in [0.1, 0.15) is 31.0 Å². The number of rotatable bonds is 4. The Hall–Kier alpha value is -3.14. The number of anilines is 1. The van der Waals surface area contributed by atoms with Crippen molar-refractivity contribution in [2.75, 3.05) is 5.32 Å². The maximum Gasteiger partial charge on any atom is 0.313 e. The van der Waals surface area contributed by atoms with Gasteiger partial charge in [-0.2, -0.15) is 0 Å². The fourth-order valence-corrected chi connectivity index (χ4v) is 2.90. The molecule has 1 unspecified atom stereocenters. The van der Waals surface area contributed by atoms with Crippen molar-refractivity contribution >= 4 is 28.3 Å². The molecule has 1 atom stereocenters. The summed E-state index contributed by atoms with van der Waals surface area (Å²) < 4.78 is 0. The zero-order valence-corrected chi connectivity index (χ0v) is 15.0. The van der Waals surface area contributed by atoms with Crippen molar-refractivity contribution in [1.29, 1.82) is 0 Å². The van der Waals surface area contributed by atoms with Crippen LogP contribution in [0.2, 0.25) is 0 Å². The SMILES string of the molecule is CCc1ccc(C(C)NC(=O)C(=O)Nc2cccc3ccccc23)cc1. The third-order valence-electron chi connectivity index (χ3n) is 4.48. The summed E-state index contributed by atoms with van der Waals surface area (Å²) in [6.07, 6.45) is 0.967. The van der Waals surface area contributed by atoms with Crippen molar-refractivity contribution in [3.05, 3.63) is 77.9 Å². The third-order valence-corrected chi connectivity index (χ3v) is 4.48. The molecule has 0 aliphatic rings. The highest BCUT2D eigenvalue weighted by molar-refractivity contribution is 6.40. The molecular weight excluding hydrogens is 324 g/mol. The van der Waals surface area contributed by atoms with E-state index in [0.29, 0.717) is 5.69 Å². The van der Waals surface area contributed by atoms with Gasteiger partial charge in [0.2, 0.25) is 0 Å². The van der Waals surface area contributed by atoms with E-state index in [1.165, 1.54) is 5.56 Å². The van der Waals surface area contributed by atoms with E-state index in [1.807, 2.05) is 67.6 Å². The zero-order valence-electron chi connectivity index (χ0n) is 15.0. The molecule has 0 aromatic heterocycles. The summed E-state index contributed by atoms with van der Waals surface area (Å²) in [7, 11) is 0. The molecule has 2 N–H and O–H groups in total. The van der Waals surface area contributed by atoms with Gasteiger partial charge in [-0.05, 0) is 35.9 Å². The van der Waals surface area contributed by atoms with Gasteiger partial charge in [0.1, 0.15) is 0 Å². The summed E-state index contributed by atoms with van der Waals surface area (Å²) in [5.41, 5.74) is 2.83. The van der Waals surface area contributed by atoms with Gasteiger partial charge in [-0.25, -0.2) is 0 Å². The average molecular weight is 346 g/mol. The topological polar surface area (TPSA) is 58.2 Å². The monoisotopic (exact) mass is 346 g/mol. The number of carbonyl (C=O) groups excluding carboxylic acids is 2. The molecule has 26 heavy (non-hydrogen) atoms. The molecule has 0 saturated carbocycles. The number of fused-ring (bicyclic) bond motifs is 1. The quantitative estimate of drug-likeness (QED) is 0.695. The standard InChI is InChI=1S/C22H22N2O2/c1-3-16-11-13-17(14-12-16)15(2)23-21(25)22(26)24-20-10-6-8-18-7-4-5-9-19(18)20/h4-15H,3H2,1-2H3,(H,23,25)(H,24,26). The molecule has 0 spiro atoms. The molecule has 4 heteroatoms. The van der Waals surface area contributed by atoms with Crippen LogP contribution in [0.15, 0.2) is 66.7 Å². The van der Waals surface area contributed by atoms with E-state index in [9.17, 15) is 9.59 Å². The molecular formula is C22H22N2O2. The van der Waals surface area contributed by atoms with Crippen LogP contribution in [0.4, 0.5) is 5.69 Å². The van der Waals surface area contributed by atoms with Crippen molar-refractivity contribution in [3.63, 3.8) is 0 Å². The van der Waals surface area contributed by atoms with E-state index in [4.69, 9.17) is 0 Å². The van der Waals surface area contributed by atoms with E-state index >= 15 is 0 Å². The second-order valence-electron chi connectivity index (χ2n) is 6.27. The molecule has 0 radical (unpaired) electrons. The van der Waals surface area contributed by atoms with E-state index in [-0.39, 0.29) is 6.04 Å². The molecule has 0 bridgehead atoms. The number of amides is 2. The van der Waals surface area contributed by atoms with Crippen LogP contribution in [0, 0.1) is 0 Å². The Morgan fingerprint density at radius 1 is 0.885 bits per heavy atom. The largest absolute Gasteiger partial charge is 0.341 e. The Bertz CT molecular complexity index is 927. The minimum absolute atomic E-state index is 0.244. The van der Waals surface area contributed by atoms with Crippen LogP contribution >= 0.6 is 0 Å². The summed E-state index contributed by atoms with van der Waals surface area (Å²) in [4.78, 5) is 24.6. The average Bonchev–Trinajstić information content (AvgIpc) is 2.68. The molecule has 4 nitrogen and oxygen atoms in total. The zero-order chi connectivity index (χ0) is 18.5. The molecule has 3 rings (SSSR count). The highest BCUT2D eigenvalue weighted by Gasteiger charge is 2.18. The van der Waals surface area contributed by atoms with Gasteiger partial charge in [-0.15, -0.1) is 0 Å². The van der Waals surface area contributed by atoms with Crippen LogP contribution in [0.3, 0.4) is 0 Å². The van der Waals surface area contributed by atoms with Crippen molar-refractivity contribution < 1.29 is 9.59 Å². The fourth-order valence-electron chi connectivity index (χ4n) is 2.90. The van der Waals surface area contributed by atoms with Crippen molar-refractivity contribution in [3.8, 4) is 0 Å². The summed E-state index contributed by atoms with van der Waals surface area (Å²) in [6, 6.07) is 21.1. The van der Waals surface area contributed by atoms with Gasteiger partial charge < -0.3 is 10.6 Å². The third kappa shape index (κ3) is 3.91. The van der Waals surface area contributed by atoms with Gasteiger partial charge in [0.05, 0.1) is 6.04 Å². The van der Waals surface area contributed by atoms with Gasteiger partial charge >= 0.3 is 11.8 Å². The number of hydrogen-bond acceptors (Lipinski definition) is 2. The molecule has 0 aliphatic heterocycles. The first-order chi connectivity index (χ1) is 12.6. The molecule has 0 fully saturated rings. The highest BCUT2D eigenvalue weighted by Crippen LogP contribution is 2.23. The number of hydrogen-bond donors (Lipinski definition) is 2. The van der Waals surface area contributed by atoms with Crippen LogP contribution in [-0.2, 0) is 16.0 Å². The molecule has 132 valence electrons. The van der Waals surface area contributed by atoms with Crippen molar-refractivity contribution in [2.45, 2.75) is 26.3 Å². The Balaban J connectivity index is 1.68. The minimum Gasteiger partial charge on any atom is -0.341 e. The number of benzene rings is 3.